The first-order valence-electron chi connectivity index (χ1n) is 8.06. The minimum atomic E-state index is -0.167. The van der Waals surface area contributed by atoms with Crippen LogP contribution in [0, 0.1) is 5.92 Å². The molecule has 1 aromatic heterocycles. The molecule has 2 atom stereocenters. The first-order valence-corrected chi connectivity index (χ1v) is 8.94. The molecule has 24 heavy (non-hydrogen) atoms. The minimum Gasteiger partial charge on any atom is -0.497 e. The third-order valence-corrected chi connectivity index (χ3v) is 5.41. The third-order valence-electron chi connectivity index (χ3n) is 4.40. The molecule has 2 amide bonds. The van der Waals surface area contributed by atoms with Crippen molar-refractivity contribution in [2.75, 3.05) is 39.1 Å². The largest absolute Gasteiger partial charge is 0.497 e. The van der Waals surface area contributed by atoms with E-state index < -0.39 is 0 Å². The predicted molar refractivity (Wildman–Crippen MR) is 98.1 cm³/mol. The summed E-state index contributed by atoms with van der Waals surface area (Å²) in [5.41, 5.74) is 0.756. The molecule has 2 N–H and O–H groups in total. The van der Waals surface area contributed by atoms with Crippen molar-refractivity contribution in [3.63, 3.8) is 0 Å². The number of nitrogens with zero attached hydrogens (tertiary/aromatic N) is 1. The number of methoxy groups -OCH3 is 1. The van der Waals surface area contributed by atoms with Crippen LogP contribution in [0.2, 0.25) is 0 Å². The van der Waals surface area contributed by atoms with Gasteiger partial charge < -0.3 is 20.3 Å². The van der Waals surface area contributed by atoms with Gasteiger partial charge in [-0.1, -0.05) is 6.07 Å². The number of carbonyl (C=O) groups excluding carboxylic acids is 1. The Labute approximate surface area is 146 Å². The van der Waals surface area contributed by atoms with Gasteiger partial charge in [-0.15, -0.1) is 11.3 Å². The lowest BCUT2D eigenvalue weighted by Crippen LogP contribution is -2.35. The Bertz CT molecular complexity index is 657. The van der Waals surface area contributed by atoms with Gasteiger partial charge in [0.1, 0.15) is 5.75 Å². The number of benzene rings is 1. The average Bonchev–Trinajstić information content (AvgIpc) is 3.23. The Balaban J connectivity index is 1.53. The molecule has 0 unspecified atom stereocenters. The molecule has 0 spiro atoms. The number of carbonyl (C=O) groups is 1. The van der Waals surface area contributed by atoms with Gasteiger partial charge >= 0.3 is 6.03 Å². The van der Waals surface area contributed by atoms with Gasteiger partial charge in [-0.2, -0.15) is 0 Å². The van der Waals surface area contributed by atoms with Crippen molar-refractivity contribution >= 4 is 23.1 Å². The molecule has 1 aliphatic rings. The fourth-order valence-electron chi connectivity index (χ4n) is 3.19. The van der Waals surface area contributed by atoms with E-state index in [1.54, 1.807) is 18.4 Å². The Morgan fingerprint density at radius 3 is 2.75 bits per heavy atom. The highest BCUT2D eigenvalue weighted by atomic mass is 32.1. The summed E-state index contributed by atoms with van der Waals surface area (Å²) in [5.74, 6) is 1.71. The number of ether oxygens (including phenoxy) is 1. The summed E-state index contributed by atoms with van der Waals surface area (Å²) in [4.78, 5) is 15.9. The van der Waals surface area contributed by atoms with Gasteiger partial charge in [0.15, 0.2) is 0 Å². The number of nitrogens with one attached hydrogen (secondary N) is 2. The maximum Gasteiger partial charge on any atom is 0.319 e. The van der Waals surface area contributed by atoms with Crippen molar-refractivity contribution < 1.29 is 9.53 Å². The fourth-order valence-corrected chi connectivity index (χ4v) is 4.10. The van der Waals surface area contributed by atoms with Crippen molar-refractivity contribution in [1.29, 1.82) is 0 Å². The van der Waals surface area contributed by atoms with E-state index in [-0.39, 0.29) is 6.03 Å². The number of urea groups is 1. The molecule has 2 heterocycles. The quantitative estimate of drug-likeness (QED) is 0.875. The molecule has 0 bridgehead atoms. The second-order valence-corrected chi connectivity index (χ2v) is 7.15. The summed E-state index contributed by atoms with van der Waals surface area (Å²) in [6.07, 6.45) is 0. The standard InChI is InChI=1S/C18H23N3O2S/c1-21-11-13(16(12-21)17-4-3-9-24-17)10-19-18(22)20-14-5-7-15(23-2)8-6-14/h3-9,13,16H,10-12H2,1-2H3,(H2,19,20,22)/t13-,16+/m0/s1. The molecule has 1 aromatic carbocycles. The molecule has 0 aliphatic carbocycles. The average molecular weight is 345 g/mol. The van der Waals surface area contributed by atoms with E-state index in [9.17, 15) is 4.79 Å². The topological polar surface area (TPSA) is 53.6 Å². The lowest BCUT2D eigenvalue weighted by Gasteiger charge is -2.18. The molecule has 3 rings (SSSR count). The van der Waals surface area contributed by atoms with E-state index in [0.29, 0.717) is 18.4 Å². The highest BCUT2D eigenvalue weighted by Crippen LogP contribution is 2.34. The van der Waals surface area contributed by atoms with Crippen LogP contribution in [0.5, 0.6) is 5.75 Å². The van der Waals surface area contributed by atoms with E-state index in [0.717, 1.165) is 24.5 Å². The zero-order chi connectivity index (χ0) is 16.9. The molecule has 1 aliphatic heterocycles. The van der Waals surface area contributed by atoms with Gasteiger partial charge in [-0.25, -0.2) is 4.79 Å². The van der Waals surface area contributed by atoms with Gasteiger partial charge in [0.2, 0.25) is 0 Å². The molecular weight excluding hydrogens is 322 g/mol. The monoisotopic (exact) mass is 345 g/mol. The van der Waals surface area contributed by atoms with Crippen molar-refractivity contribution in [3.8, 4) is 5.75 Å². The molecule has 1 fully saturated rings. The molecule has 0 saturated carbocycles. The van der Waals surface area contributed by atoms with Crippen molar-refractivity contribution in [2.45, 2.75) is 5.92 Å². The number of likely N-dealkylation sites (N-methyl/N-ethyl adjacent to an activating group) is 1. The predicted octanol–water partition coefficient (Wildman–Crippen LogP) is 3.22. The van der Waals surface area contributed by atoms with Crippen LogP contribution in [0.1, 0.15) is 10.8 Å². The zero-order valence-corrected chi connectivity index (χ0v) is 14.8. The molecule has 1 saturated heterocycles. The van der Waals surface area contributed by atoms with E-state index >= 15 is 0 Å². The molecule has 0 radical (unpaired) electrons. The Kier molecular flexibility index (Phi) is 5.37. The summed E-state index contributed by atoms with van der Waals surface area (Å²) >= 11 is 1.80. The van der Waals surface area contributed by atoms with E-state index in [1.165, 1.54) is 4.88 Å². The molecule has 5 nitrogen and oxygen atoms in total. The summed E-state index contributed by atoms with van der Waals surface area (Å²) in [7, 11) is 3.76. The molecule has 6 heteroatoms. The molecule has 2 aromatic rings. The van der Waals surface area contributed by atoms with Crippen LogP contribution in [0.4, 0.5) is 10.5 Å². The lowest BCUT2D eigenvalue weighted by atomic mass is 9.94. The van der Waals surface area contributed by atoms with Crippen molar-refractivity contribution in [1.82, 2.24) is 10.2 Å². The number of amides is 2. The Morgan fingerprint density at radius 2 is 2.08 bits per heavy atom. The smallest absolute Gasteiger partial charge is 0.319 e. The maximum atomic E-state index is 12.1. The van der Waals surface area contributed by atoms with Crippen LogP contribution >= 0.6 is 11.3 Å². The van der Waals surface area contributed by atoms with E-state index in [4.69, 9.17) is 4.74 Å². The lowest BCUT2D eigenvalue weighted by molar-refractivity contribution is 0.249. The summed E-state index contributed by atoms with van der Waals surface area (Å²) in [5, 5.41) is 7.99. The van der Waals surface area contributed by atoms with Gasteiger partial charge in [0.25, 0.3) is 0 Å². The number of anilines is 1. The van der Waals surface area contributed by atoms with Gasteiger partial charge in [0.05, 0.1) is 7.11 Å². The van der Waals surface area contributed by atoms with Crippen LogP contribution in [0.3, 0.4) is 0 Å². The van der Waals surface area contributed by atoms with Crippen LogP contribution in [-0.4, -0.2) is 44.7 Å². The van der Waals surface area contributed by atoms with E-state index in [1.807, 2.05) is 24.3 Å². The van der Waals surface area contributed by atoms with Gasteiger partial charge in [-0.05, 0) is 48.7 Å². The van der Waals surface area contributed by atoms with Crippen molar-refractivity contribution in [2.24, 2.45) is 5.92 Å². The van der Waals surface area contributed by atoms with Crippen LogP contribution in [0.15, 0.2) is 41.8 Å². The van der Waals surface area contributed by atoms with E-state index in [2.05, 4.69) is 40.1 Å². The highest BCUT2D eigenvalue weighted by molar-refractivity contribution is 7.10. The normalized spacial score (nSPS) is 20.8. The first-order chi connectivity index (χ1) is 11.7. The summed E-state index contributed by atoms with van der Waals surface area (Å²) < 4.78 is 5.11. The van der Waals surface area contributed by atoms with Crippen LogP contribution in [0.25, 0.3) is 0 Å². The Morgan fingerprint density at radius 1 is 1.29 bits per heavy atom. The third kappa shape index (κ3) is 4.07. The molecule has 128 valence electrons. The fraction of sp³-hybridized carbons (Fsp3) is 0.389. The zero-order valence-electron chi connectivity index (χ0n) is 14.0. The van der Waals surface area contributed by atoms with Crippen LogP contribution in [-0.2, 0) is 0 Å². The first kappa shape index (κ1) is 16.8. The van der Waals surface area contributed by atoms with Crippen LogP contribution < -0.4 is 15.4 Å². The summed E-state index contributed by atoms with van der Waals surface area (Å²) in [6, 6.07) is 11.4. The number of hydrogen-bond acceptors (Lipinski definition) is 4. The maximum absolute atomic E-state index is 12.1. The number of likely N-dealkylation sites (tertiary alicyclic amines) is 1. The van der Waals surface area contributed by atoms with Crippen molar-refractivity contribution in [3.05, 3.63) is 46.7 Å². The summed E-state index contributed by atoms with van der Waals surface area (Å²) in [6.45, 7) is 2.73. The Hall–Kier alpha value is -2.05. The SMILES string of the molecule is COc1ccc(NC(=O)NC[C@H]2CN(C)C[C@H]2c2cccs2)cc1. The molecular formula is C18H23N3O2S. The second-order valence-electron chi connectivity index (χ2n) is 6.17. The minimum absolute atomic E-state index is 0.167. The number of hydrogen-bond donors (Lipinski definition) is 2. The number of thiophene rings is 1. The second kappa shape index (κ2) is 7.68. The van der Waals surface area contributed by atoms with Gasteiger partial charge in [-0.3, -0.25) is 0 Å². The number of rotatable bonds is 5. The van der Waals surface area contributed by atoms with Gasteiger partial charge in [0, 0.05) is 36.1 Å². The highest BCUT2D eigenvalue weighted by Gasteiger charge is 2.32.